The summed E-state index contributed by atoms with van der Waals surface area (Å²) in [4.78, 5) is 24.9. The molecule has 6 nitrogen and oxygen atoms in total. The first kappa shape index (κ1) is 16.1. The van der Waals surface area contributed by atoms with Gasteiger partial charge in [-0.05, 0) is 26.2 Å². The lowest BCUT2D eigenvalue weighted by molar-refractivity contribution is -0.177. The van der Waals surface area contributed by atoms with Crippen LogP contribution in [0, 0.1) is 11.3 Å². The molecule has 0 aromatic heterocycles. The second-order valence-corrected chi connectivity index (χ2v) is 6.96. The van der Waals surface area contributed by atoms with Crippen LogP contribution in [0.2, 0.25) is 0 Å². The molecule has 0 radical (unpaired) electrons. The number of nitrogens with one attached hydrogen (secondary N) is 1. The van der Waals surface area contributed by atoms with Crippen molar-refractivity contribution in [3.63, 3.8) is 0 Å². The van der Waals surface area contributed by atoms with Gasteiger partial charge in [0.15, 0.2) is 0 Å². The summed E-state index contributed by atoms with van der Waals surface area (Å²) >= 11 is 0. The fraction of sp³-hybridized carbons (Fsp3) is 0.867. The molecule has 0 aromatic carbocycles. The van der Waals surface area contributed by atoms with Gasteiger partial charge in [0.25, 0.3) is 0 Å². The van der Waals surface area contributed by atoms with Gasteiger partial charge in [0.05, 0.1) is 11.5 Å². The summed E-state index contributed by atoms with van der Waals surface area (Å²) in [7, 11) is 1.70. The fourth-order valence-corrected chi connectivity index (χ4v) is 3.29. The number of urea groups is 1. The van der Waals surface area contributed by atoms with Gasteiger partial charge in [-0.15, -0.1) is 0 Å². The van der Waals surface area contributed by atoms with Crippen LogP contribution in [0.15, 0.2) is 0 Å². The zero-order chi connectivity index (χ0) is 15.8. The number of amides is 2. The topological polar surface area (TPSA) is 78.9 Å². The maximum atomic E-state index is 12.3. The SMILES string of the molecule is COC1(C)CC(NC(=O)N2CCC(C(=O)O)CC2)C1(C)C. The van der Waals surface area contributed by atoms with E-state index < -0.39 is 5.97 Å². The maximum absolute atomic E-state index is 12.3. The second kappa shape index (κ2) is 5.48. The van der Waals surface area contributed by atoms with E-state index in [1.165, 1.54) is 0 Å². The molecule has 120 valence electrons. The Hall–Kier alpha value is -1.30. The predicted octanol–water partition coefficient (Wildman–Crippen LogP) is 1.70. The number of piperidine rings is 1. The Labute approximate surface area is 125 Å². The van der Waals surface area contributed by atoms with Crippen LogP contribution in [0.25, 0.3) is 0 Å². The Bertz CT molecular complexity index is 429. The van der Waals surface area contributed by atoms with E-state index in [0.717, 1.165) is 6.42 Å². The number of rotatable bonds is 3. The van der Waals surface area contributed by atoms with Crippen molar-refractivity contribution >= 4 is 12.0 Å². The van der Waals surface area contributed by atoms with Gasteiger partial charge in [-0.3, -0.25) is 4.79 Å². The summed E-state index contributed by atoms with van der Waals surface area (Å²) in [5, 5.41) is 12.0. The molecule has 21 heavy (non-hydrogen) atoms. The summed E-state index contributed by atoms with van der Waals surface area (Å²) < 4.78 is 5.56. The number of methoxy groups -OCH3 is 1. The average Bonchev–Trinajstić information content (AvgIpc) is 2.46. The first-order valence-electron chi connectivity index (χ1n) is 7.54. The van der Waals surface area contributed by atoms with Gasteiger partial charge in [-0.2, -0.15) is 0 Å². The minimum atomic E-state index is -0.758. The van der Waals surface area contributed by atoms with Crippen molar-refractivity contribution in [3.05, 3.63) is 0 Å². The number of carbonyl (C=O) groups excluding carboxylic acids is 1. The Morgan fingerprint density at radius 3 is 2.24 bits per heavy atom. The molecule has 2 fully saturated rings. The zero-order valence-electron chi connectivity index (χ0n) is 13.3. The van der Waals surface area contributed by atoms with Gasteiger partial charge in [0, 0.05) is 31.7 Å². The first-order chi connectivity index (χ1) is 9.71. The first-order valence-corrected chi connectivity index (χ1v) is 7.54. The van der Waals surface area contributed by atoms with E-state index in [2.05, 4.69) is 26.1 Å². The van der Waals surface area contributed by atoms with Crippen molar-refractivity contribution in [2.45, 2.75) is 51.7 Å². The number of nitrogens with zero attached hydrogens (tertiary/aromatic N) is 1. The van der Waals surface area contributed by atoms with Crippen LogP contribution < -0.4 is 5.32 Å². The molecule has 2 unspecified atom stereocenters. The largest absolute Gasteiger partial charge is 0.481 e. The van der Waals surface area contributed by atoms with E-state index in [-0.39, 0.29) is 29.0 Å². The monoisotopic (exact) mass is 298 g/mol. The lowest BCUT2D eigenvalue weighted by Gasteiger charge is -2.59. The third kappa shape index (κ3) is 2.73. The highest BCUT2D eigenvalue weighted by molar-refractivity contribution is 5.76. The van der Waals surface area contributed by atoms with Gasteiger partial charge in [-0.25, -0.2) is 4.79 Å². The van der Waals surface area contributed by atoms with Gasteiger partial charge in [0.1, 0.15) is 0 Å². The van der Waals surface area contributed by atoms with Crippen LogP contribution in [-0.4, -0.2) is 53.8 Å². The summed E-state index contributed by atoms with van der Waals surface area (Å²) in [5.74, 6) is -1.07. The number of carbonyl (C=O) groups is 2. The molecule has 2 amide bonds. The van der Waals surface area contributed by atoms with Gasteiger partial charge < -0.3 is 20.1 Å². The Balaban J connectivity index is 1.86. The second-order valence-electron chi connectivity index (χ2n) is 6.96. The molecule has 6 heteroatoms. The molecular formula is C15H26N2O4. The molecule has 1 saturated carbocycles. The van der Waals surface area contributed by atoms with E-state index in [9.17, 15) is 9.59 Å². The van der Waals surface area contributed by atoms with Gasteiger partial charge in [-0.1, -0.05) is 13.8 Å². The van der Waals surface area contributed by atoms with Crippen LogP contribution in [0.4, 0.5) is 4.79 Å². The Morgan fingerprint density at radius 2 is 1.81 bits per heavy atom. The summed E-state index contributed by atoms with van der Waals surface area (Å²) in [5.41, 5.74) is -0.321. The van der Waals surface area contributed by atoms with Crippen molar-refractivity contribution in [1.82, 2.24) is 10.2 Å². The molecule has 1 aliphatic carbocycles. The van der Waals surface area contributed by atoms with Gasteiger partial charge in [0.2, 0.25) is 0 Å². The van der Waals surface area contributed by atoms with Crippen molar-refractivity contribution in [2.75, 3.05) is 20.2 Å². The predicted molar refractivity (Wildman–Crippen MR) is 78.1 cm³/mol. The van der Waals surface area contributed by atoms with Crippen LogP contribution in [0.5, 0.6) is 0 Å². The third-order valence-corrected chi connectivity index (χ3v) is 5.71. The fourth-order valence-electron chi connectivity index (χ4n) is 3.29. The summed E-state index contributed by atoms with van der Waals surface area (Å²) in [6, 6.07) is 0.00205. The molecule has 0 spiro atoms. The number of aliphatic carboxylic acids is 1. The normalized spacial score (nSPS) is 32.4. The summed E-state index contributed by atoms with van der Waals surface area (Å²) in [6.45, 7) is 7.28. The van der Waals surface area contributed by atoms with E-state index in [1.54, 1.807) is 12.0 Å². The minimum absolute atomic E-state index is 0.0879. The molecule has 2 rings (SSSR count). The molecule has 2 aliphatic rings. The third-order valence-electron chi connectivity index (χ3n) is 5.71. The molecular weight excluding hydrogens is 272 g/mol. The number of carboxylic acid groups (broad SMARTS) is 1. The van der Waals surface area contributed by atoms with E-state index in [1.807, 2.05) is 0 Å². The van der Waals surface area contributed by atoms with Crippen molar-refractivity contribution < 1.29 is 19.4 Å². The lowest BCUT2D eigenvalue weighted by atomic mass is 9.56. The van der Waals surface area contributed by atoms with Crippen LogP contribution in [0.1, 0.15) is 40.0 Å². The van der Waals surface area contributed by atoms with Crippen LogP contribution >= 0.6 is 0 Å². The Morgan fingerprint density at radius 1 is 1.24 bits per heavy atom. The van der Waals surface area contributed by atoms with E-state index in [4.69, 9.17) is 9.84 Å². The number of ether oxygens (including phenoxy) is 1. The smallest absolute Gasteiger partial charge is 0.317 e. The molecule has 2 N–H and O–H groups in total. The molecule has 1 heterocycles. The highest BCUT2D eigenvalue weighted by Gasteiger charge is 2.58. The van der Waals surface area contributed by atoms with E-state index >= 15 is 0 Å². The molecule has 2 atom stereocenters. The van der Waals surface area contributed by atoms with Crippen molar-refractivity contribution in [3.8, 4) is 0 Å². The van der Waals surface area contributed by atoms with Gasteiger partial charge >= 0.3 is 12.0 Å². The molecule has 0 bridgehead atoms. The average molecular weight is 298 g/mol. The van der Waals surface area contributed by atoms with Crippen molar-refractivity contribution in [1.29, 1.82) is 0 Å². The standard InChI is InChI=1S/C15H26N2O4/c1-14(2)11(9-15(14,3)21-4)16-13(20)17-7-5-10(6-8-17)12(18)19/h10-11H,5-9H2,1-4H3,(H,16,20)(H,18,19). The van der Waals surface area contributed by atoms with E-state index in [0.29, 0.717) is 25.9 Å². The van der Waals surface area contributed by atoms with Crippen molar-refractivity contribution in [2.24, 2.45) is 11.3 Å². The lowest BCUT2D eigenvalue weighted by Crippen LogP contribution is -2.69. The molecule has 1 aliphatic heterocycles. The number of hydrogen-bond acceptors (Lipinski definition) is 3. The molecule has 0 aromatic rings. The zero-order valence-corrected chi connectivity index (χ0v) is 13.3. The molecule has 1 saturated heterocycles. The minimum Gasteiger partial charge on any atom is -0.481 e. The highest BCUT2D eigenvalue weighted by Crippen LogP contribution is 2.51. The maximum Gasteiger partial charge on any atom is 0.317 e. The summed E-state index contributed by atoms with van der Waals surface area (Å²) in [6.07, 6.45) is 1.87. The van der Waals surface area contributed by atoms with Crippen LogP contribution in [0.3, 0.4) is 0 Å². The highest BCUT2D eigenvalue weighted by atomic mass is 16.5. The number of carboxylic acids is 1. The Kier molecular flexibility index (Phi) is 4.19. The quantitative estimate of drug-likeness (QED) is 0.831. The van der Waals surface area contributed by atoms with Crippen LogP contribution in [-0.2, 0) is 9.53 Å². The number of likely N-dealkylation sites (tertiary alicyclic amines) is 1. The number of hydrogen-bond donors (Lipinski definition) is 2.